The summed E-state index contributed by atoms with van der Waals surface area (Å²) in [5, 5.41) is 7.91. The number of fused-ring (bicyclic) bond motifs is 1. The number of H-pyrrole nitrogens is 1. The van der Waals surface area contributed by atoms with Crippen LogP contribution in [-0.4, -0.2) is 37.2 Å². The number of anilines is 1. The zero-order valence-corrected chi connectivity index (χ0v) is 15.0. The molecule has 1 N–H and O–H groups in total. The highest BCUT2D eigenvalue weighted by atomic mass is 32.1. The Morgan fingerprint density at radius 2 is 2.12 bits per heavy atom. The van der Waals surface area contributed by atoms with Crippen molar-refractivity contribution in [3.05, 3.63) is 47.1 Å². The van der Waals surface area contributed by atoms with E-state index < -0.39 is 0 Å². The molecule has 0 saturated carbocycles. The third kappa shape index (κ3) is 2.85. The van der Waals surface area contributed by atoms with Crippen LogP contribution in [0, 0.1) is 13.8 Å². The van der Waals surface area contributed by atoms with Crippen LogP contribution in [0.1, 0.15) is 16.3 Å². The number of nitrogens with one attached hydrogen (secondary N) is 1. The second kappa shape index (κ2) is 6.21. The number of nitrogens with zero attached hydrogens (tertiary/aromatic N) is 6. The van der Waals surface area contributed by atoms with Gasteiger partial charge in [0.05, 0.1) is 11.9 Å². The lowest BCUT2D eigenvalue weighted by Gasteiger charge is -2.19. The molecule has 4 aromatic rings. The molecule has 0 aliphatic rings. The summed E-state index contributed by atoms with van der Waals surface area (Å²) in [5.74, 6) is 2.37. The third-order valence-electron chi connectivity index (χ3n) is 4.14. The number of pyridine rings is 1. The van der Waals surface area contributed by atoms with Gasteiger partial charge in [0.1, 0.15) is 22.8 Å². The SMILES string of the molecule is Cc1sc2nc(-c3cccnc3)nc(N(C)Cc3ncn[nH]3)c2c1C. The van der Waals surface area contributed by atoms with E-state index in [4.69, 9.17) is 9.97 Å². The first kappa shape index (κ1) is 15.6. The molecule has 0 aliphatic carbocycles. The number of aryl methyl sites for hydroxylation is 2. The van der Waals surface area contributed by atoms with Gasteiger partial charge in [-0.25, -0.2) is 15.0 Å². The van der Waals surface area contributed by atoms with Crippen molar-refractivity contribution in [3.63, 3.8) is 0 Å². The summed E-state index contributed by atoms with van der Waals surface area (Å²) >= 11 is 1.69. The number of aromatic nitrogens is 6. The molecule has 25 heavy (non-hydrogen) atoms. The Morgan fingerprint density at radius 1 is 1.24 bits per heavy atom. The molecule has 4 aromatic heterocycles. The fourth-order valence-corrected chi connectivity index (χ4v) is 3.76. The maximum absolute atomic E-state index is 4.85. The lowest BCUT2D eigenvalue weighted by molar-refractivity contribution is 0.833. The summed E-state index contributed by atoms with van der Waals surface area (Å²) in [4.78, 5) is 22.3. The normalized spacial score (nSPS) is 11.2. The maximum Gasteiger partial charge on any atom is 0.164 e. The van der Waals surface area contributed by atoms with E-state index in [1.165, 1.54) is 16.8 Å². The molecule has 7 nitrogen and oxygen atoms in total. The van der Waals surface area contributed by atoms with Crippen LogP contribution in [0.25, 0.3) is 21.6 Å². The predicted molar refractivity (Wildman–Crippen MR) is 98.6 cm³/mol. The minimum Gasteiger partial charge on any atom is -0.351 e. The van der Waals surface area contributed by atoms with Gasteiger partial charge in [-0.3, -0.25) is 10.1 Å². The monoisotopic (exact) mass is 351 g/mol. The Kier molecular flexibility index (Phi) is 3.89. The second-order valence-electron chi connectivity index (χ2n) is 5.86. The van der Waals surface area contributed by atoms with E-state index in [2.05, 4.69) is 38.9 Å². The summed E-state index contributed by atoms with van der Waals surface area (Å²) < 4.78 is 0. The van der Waals surface area contributed by atoms with Crippen LogP contribution in [0.3, 0.4) is 0 Å². The van der Waals surface area contributed by atoms with Crippen molar-refractivity contribution in [2.45, 2.75) is 20.4 Å². The molecule has 0 amide bonds. The van der Waals surface area contributed by atoms with Gasteiger partial charge in [-0.1, -0.05) is 0 Å². The van der Waals surface area contributed by atoms with Gasteiger partial charge in [-0.2, -0.15) is 5.10 Å². The number of hydrogen-bond donors (Lipinski definition) is 1. The fraction of sp³-hybridized carbons (Fsp3) is 0.235. The van der Waals surface area contributed by atoms with Crippen LogP contribution in [0.4, 0.5) is 5.82 Å². The van der Waals surface area contributed by atoms with Crippen molar-refractivity contribution < 1.29 is 0 Å². The molecule has 0 saturated heterocycles. The average molecular weight is 351 g/mol. The van der Waals surface area contributed by atoms with Crippen LogP contribution in [0.15, 0.2) is 30.9 Å². The second-order valence-corrected chi connectivity index (χ2v) is 7.07. The third-order valence-corrected chi connectivity index (χ3v) is 5.24. The van der Waals surface area contributed by atoms with Crippen LogP contribution >= 0.6 is 11.3 Å². The van der Waals surface area contributed by atoms with E-state index in [1.54, 1.807) is 23.7 Å². The fourth-order valence-electron chi connectivity index (χ4n) is 2.74. The summed E-state index contributed by atoms with van der Waals surface area (Å²) in [6.45, 7) is 4.83. The minimum absolute atomic E-state index is 0.590. The number of aromatic amines is 1. The molecule has 0 aromatic carbocycles. The highest BCUT2D eigenvalue weighted by Gasteiger charge is 2.18. The molecule has 4 rings (SSSR count). The van der Waals surface area contributed by atoms with Gasteiger partial charge in [-0.15, -0.1) is 11.3 Å². The highest BCUT2D eigenvalue weighted by molar-refractivity contribution is 7.18. The molecule has 126 valence electrons. The van der Waals surface area contributed by atoms with E-state index >= 15 is 0 Å². The Labute approximate surface area is 148 Å². The molecular formula is C17H17N7S. The molecule has 0 spiro atoms. The topological polar surface area (TPSA) is 83.5 Å². The summed E-state index contributed by atoms with van der Waals surface area (Å²) in [5.41, 5.74) is 2.12. The van der Waals surface area contributed by atoms with Crippen molar-refractivity contribution in [2.75, 3.05) is 11.9 Å². The van der Waals surface area contributed by atoms with Gasteiger partial charge >= 0.3 is 0 Å². The Hall–Kier alpha value is -2.87. The predicted octanol–water partition coefficient (Wildman–Crippen LogP) is 3.12. The maximum atomic E-state index is 4.85. The summed E-state index contributed by atoms with van der Waals surface area (Å²) in [6, 6.07) is 3.87. The van der Waals surface area contributed by atoms with E-state index in [0.717, 1.165) is 27.4 Å². The lowest BCUT2D eigenvalue weighted by Crippen LogP contribution is -2.19. The van der Waals surface area contributed by atoms with Gasteiger partial charge in [0.15, 0.2) is 5.82 Å². The molecule has 0 fully saturated rings. The first-order valence-corrected chi connectivity index (χ1v) is 8.68. The zero-order chi connectivity index (χ0) is 17.4. The first-order chi connectivity index (χ1) is 12.1. The van der Waals surface area contributed by atoms with Crippen molar-refractivity contribution in [2.24, 2.45) is 0 Å². The van der Waals surface area contributed by atoms with E-state index in [1.807, 2.05) is 19.2 Å². The van der Waals surface area contributed by atoms with Crippen molar-refractivity contribution in [1.29, 1.82) is 0 Å². The largest absolute Gasteiger partial charge is 0.351 e. The number of rotatable bonds is 4. The smallest absolute Gasteiger partial charge is 0.164 e. The van der Waals surface area contributed by atoms with Gasteiger partial charge in [-0.05, 0) is 31.5 Å². The standard InChI is InChI=1S/C17H17N7S/c1-10-11(2)25-17-14(10)16(24(3)8-13-19-9-20-23-13)21-15(22-17)12-5-4-6-18-7-12/h4-7,9H,8H2,1-3H3,(H,19,20,23). The molecule has 0 aliphatic heterocycles. The van der Waals surface area contributed by atoms with Crippen LogP contribution in [-0.2, 0) is 6.54 Å². The Bertz CT molecular complexity index is 1010. The molecule has 0 atom stereocenters. The molecule has 4 heterocycles. The van der Waals surface area contributed by atoms with Gasteiger partial charge < -0.3 is 4.90 Å². The van der Waals surface area contributed by atoms with E-state index in [-0.39, 0.29) is 0 Å². The lowest BCUT2D eigenvalue weighted by atomic mass is 10.2. The molecule has 0 unspecified atom stereocenters. The number of thiophene rings is 1. The molecule has 0 radical (unpaired) electrons. The minimum atomic E-state index is 0.590. The molecular weight excluding hydrogens is 334 g/mol. The summed E-state index contributed by atoms with van der Waals surface area (Å²) in [6.07, 6.45) is 5.05. The zero-order valence-electron chi connectivity index (χ0n) is 14.2. The van der Waals surface area contributed by atoms with Crippen molar-refractivity contribution in [3.8, 4) is 11.4 Å². The molecule has 8 heteroatoms. The summed E-state index contributed by atoms with van der Waals surface area (Å²) in [7, 11) is 2.00. The highest BCUT2D eigenvalue weighted by Crippen LogP contribution is 2.36. The van der Waals surface area contributed by atoms with Gasteiger partial charge in [0.2, 0.25) is 0 Å². The van der Waals surface area contributed by atoms with Gasteiger partial charge in [0, 0.05) is 29.9 Å². The van der Waals surface area contributed by atoms with Crippen LogP contribution < -0.4 is 4.90 Å². The molecule has 0 bridgehead atoms. The van der Waals surface area contributed by atoms with E-state index in [9.17, 15) is 0 Å². The van der Waals surface area contributed by atoms with Crippen LogP contribution in [0.5, 0.6) is 0 Å². The first-order valence-electron chi connectivity index (χ1n) is 7.87. The van der Waals surface area contributed by atoms with Gasteiger partial charge in [0.25, 0.3) is 0 Å². The van der Waals surface area contributed by atoms with Crippen molar-refractivity contribution >= 4 is 27.4 Å². The van der Waals surface area contributed by atoms with E-state index in [0.29, 0.717) is 12.4 Å². The Balaban J connectivity index is 1.88. The average Bonchev–Trinajstić information content (AvgIpc) is 3.23. The van der Waals surface area contributed by atoms with Crippen LogP contribution in [0.2, 0.25) is 0 Å². The quantitative estimate of drug-likeness (QED) is 0.608. The number of hydrogen-bond acceptors (Lipinski definition) is 7. The van der Waals surface area contributed by atoms with Crippen molar-refractivity contribution in [1.82, 2.24) is 30.1 Å². The Morgan fingerprint density at radius 3 is 2.84 bits per heavy atom.